The molecule has 0 fully saturated rings. The maximum atomic E-state index is 12.4. The minimum atomic E-state index is -0.413. The van der Waals surface area contributed by atoms with Gasteiger partial charge in [-0.3, -0.25) is 4.79 Å². The SMILES string of the molecule is COC(=O)c1ccc(NC(=O)c2ccc3c(c2)ncn3C(C)C)cc1. The van der Waals surface area contributed by atoms with Crippen molar-refractivity contribution >= 4 is 28.6 Å². The number of ether oxygens (including phenoxy) is 1. The topological polar surface area (TPSA) is 73.2 Å². The van der Waals surface area contributed by atoms with Gasteiger partial charge >= 0.3 is 5.97 Å². The van der Waals surface area contributed by atoms with Crippen LogP contribution < -0.4 is 5.32 Å². The van der Waals surface area contributed by atoms with Gasteiger partial charge in [0.2, 0.25) is 0 Å². The molecule has 0 aliphatic rings. The molecule has 1 heterocycles. The third kappa shape index (κ3) is 3.38. The first-order chi connectivity index (χ1) is 12.0. The summed E-state index contributed by atoms with van der Waals surface area (Å²) in [7, 11) is 1.33. The van der Waals surface area contributed by atoms with Gasteiger partial charge < -0.3 is 14.6 Å². The van der Waals surface area contributed by atoms with E-state index >= 15 is 0 Å². The molecule has 0 saturated carbocycles. The smallest absolute Gasteiger partial charge is 0.337 e. The van der Waals surface area contributed by atoms with Crippen molar-refractivity contribution in [2.24, 2.45) is 0 Å². The second kappa shape index (κ2) is 6.76. The number of amides is 1. The maximum Gasteiger partial charge on any atom is 0.337 e. The molecule has 0 saturated heterocycles. The molecule has 0 aliphatic heterocycles. The fourth-order valence-corrected chi connectivity index (χ4v) is 2.60. The number of hydrogen-bond acceptors (Lipinski definition) is 4. The number of anilines is 1. The van der Waals surface area contributed by atoms with Gasteiger partial charge in [-0.25, -0.2) is 9.78 Å². The Labute approximate surface area is 145 Å². The molecule has 1 amide bonds. The molecular weight excluding hydrogens is 318 g/mol. The number of methoxy groups -OCH3 is 1. The Morgan fingerprint density at radius 2 is 1.76 bits per heavy atom. The fraction of sp³-hybridized carbons (Fsp3) is 0.211. The third-order valence-electron chi connectivity index (χ3n) is 3.96. The number of benzene rings is 2. The number of fused-ring (bicyclic) bond motifs is 1. The van der Waals surface area contributed by atoms with E-state index in [-0.39, 0.29) is 5.91 Å². The normalized spacial score (nSPS) is 10.9. The van der Waals surface area contributed by atoms with Crippen LogP contribution in [0.5, 0.6) is 0 Å². The maximum absolute atomic E-state index is 12.4. The number of nitrogens with zero attached hydrogens (tertiary/aromatic N) is 2. The van der Waals surface area contributed by atoms with E-state index in [1.807, 2.05) is 6.07 Å². The molecular formula is C19H19N3O3. The molecule has 6 heteroatoms. The van der Waals surface area contributed by atoms with Gasteiger partial charge in [0.25, 0.3) is 5.91 Å². The Hall–Kier alpha value is -3.15. The largest absolute Gasteiger partial charge is 0.465 e. The molecule has 0 radical (unpaired) electrons. The summed E-state index contributed by atoms with van der Waals surface area (Å²) in [5, 5.41) is 2.81. The lowest BCUT2D eigenvalue weighted by Crippen LogP contribution is -2.12. The Morgan fingerprint density at radius 3 is 2.40 bits per heavy atom. The van der Waals surface area contributed by atoms with E-state index in [1.54, 1.807) is 42.7 Å². The predicted molar refractivity (Wildman–Crippen MR) is 95.9 cm³/mol. The second-order valence-corrected chi connectivity index (χ2v) is 5.97. The summed E-state index contributed by atoms with van der Waals surface area (Å²) < 4.78 is 6.71. The van der Waals surface area contributed by atoms with E-state index in [0.717, 1.165) is 11.0 Å². The minimum absolute atomic E-state index is 0.230. The van der Waals surface area contributed by atoms with Crippen LogP contribution in [-0.2, 0) is 4.74 Å². The van der Waals surface area contributed by atoms with Crippen LogP contribution in [0.4, 0.5) is 5.69 Å². The molecule has 1 N–H and O–H groups in total. The van der Waals surface area contributed by atoms with Gasteiger partial charge in [-0.2, -0.15) is 0 Å². The molecule has 2 aromatic carbocycles. The summed E-state index contributed by atoms with van der Waals surface area (Å²) in [6, 6.07) is 12.3. The highest BCUT2D eigenvalue weighted by Crippen LogP contribution is 2.20. The van der Waals surface area contributed by atoms with Crippen molar-refractivity contribution < 1.29 is 14.3 Å². The molecule has 3 aromatic rings. The number of esters is 1. The zero-order valence-electron chi connectivity index (χ0n) is 14.3. The van der Waals surface area contributed by atoms with Crippen LogP contribution in [0.1, 0.15) is 40.6 Å². The fourth-order valence-electron chi connectivity index (χ4n) is 2.60. The molecule has 0 atom stereocenters. The van der Waals surface area contributed by atoms with Crippen LogP contribution in [0, 0.1) is 0 Å². The lowest BCUT2D eigenvalue weighted by molar-refractivity contribution is 0.0600. The van der Waals surface area contributed by atoms with Crippen LogP contribution in [0.3, 0.4) is 0 Å². The quantitative estimate of drug-likeness (QED) is 0.738. The monoisotopic (exact) mass is 337 g/mol. The van der Waals surface area contributed by atoms with E-state index in [1.165, 1.54) is 7.11 Å². The molecule has 6 nitrogen and oxygen atoms in total. The molecule has 0 bridgehead atoms. The van der Waals surface area contributed by atoms with Gasteiger partial charge in [0.15, 0.2) is 0 Å². The van der Waals surface area contributed by atoms with Gasteiger partial charge in [0.1, 0.15) is 0 Å². The molecule has 0 unspecified atom stereocenters. The van der Waals surface area contributed by atoms with Gasteiger partial charge in [-0.05, 0) is 56.3 Å². The van der Waals surface area contributed by atoms with Crippen molar-refractivity contribution in [3.8, 4) is 0 Å². The molecule has 3 rings (SSSR count). The minimum Gasteiger partial charge on any atom is -0.465 e. The van der Waals surface area contributed by atoms with E-state index in [2.05, 4.69) is 33.5 Å². The summed E-state index contributed by atoms with van der Waals surface area (Å²) in [4.78, 5) is 28.2. The summed E-state index contributed by atoms with van der Waals surface area (Å²) in [5.74, 6) is -0.643. The van der Waals surface area contributed by atoms with E-state index in [4.69, 9.17) is 0 Å². The lowest BCUT2D eigenvalue weighted by atomic mass is 10.1. The lowest BCUT2D eigenvalue weighted by Gasteiger charge is -2.09. The number of carbonyl (C=O) groups excluding carboxylic acids is 2. The van der Waals surface area contributed by atoms with E-state index < -0.39 is 5.97 Å². The number of aromatic nitrogens is 2. The molecule has 0 spiro atoms. The number of carbonyl (C=O) groups is 2. The number of hydrogen-bond donors (Lipinski definition) is 1. The van der Waals surface area contributed by atoms with Gasteiger partial charge in [-0.15, -0.1) is 0 Å². The summed E-state index contributed by atoms with van der Waals surface area (Å²) >= 11 is 0. The second-order valence-electron chi connectivity index (χ2n) is 5.97. The van der Waals surface area contributed by atoms with Crippen LogP contribution in [0.25, 0.3) is 11.0 Å². The van der Waals surface area contributed by atoms with Crippen LogP contribution >= 0.6 is 0 Å². The first-order valence-electron chi connectivity index (χ1n) is 7.96. The Kier molecular flexibility index (Phi) is 4.52. The Bertz CT molecular complexity index is 927. The highest BCUT2D eigenvalue weighted by atomic mass is 16.5. The highest BCUT2D eigenvalue weighted by Gasteiger charge is 2.11. The van der Waals surface area contributed by atoms with Crippen molar-refractivity contribution in [3.05, 3.63) is 59.9 Å². The third-order valence-corrected chi connectivity index (χ3v) is 3.96. The molecule has 0 aliphatic carbocycles. The standard InChI is InChI=1S/C19H19N3O3/c1-12(2)22-11-20-16-10-14(6-9-17(16)22)18(23)21-15-7-4-13(5-8-15)19(24)25-3/h4-12H,1-3H3,(H,21,23). The van der Waals surface area contributed by atoms with E-state index in [0.29, 0.717) is 22.9 Å². The number of nitrogens with one attached hydrogen (secondary N) is 1. The van der Waals surface area contributed by atoms with Crippen molar-refractivity contribution in [1.29, 1.82) is 0 Å². The molecule has 128 valence electrons. The van der Waals surface area contributed by atoms with Crippen LogP contribution in [-0.4, -0.2) is 28.5 Å². The van der Waals surface area contributed by atoms with Crippen LogP contribution in [0.2, 0.25) is 0 Å². The number of rotatable bonds is 4. The average molecular weight is 337 g/mol. The first-order valence-corrected chi connectivity index (χ1v) is 7.96. The summed E-state index contributed by atoms with van der Waals surface area (Å²) in [6.07, 6.45) is 1.78. The zero-order chi connectivity index (χ0) is 18.0. The Balaban J connectivity index is 1.79. The first kappa shape index (κ1) is 16.7. The van der Waals surface area contributed by atoms with Gasteiger partial charge in [0.05, 0.1) is 30.0 Å². The molecule has 25 heavy (non-hydrogen) atoms. The average Bonchev–Trinajstić information content (AvgIpc) is 3.05. The van der Waals surface area contributed by atoms with Gasteiger partial charge in [-0.1, -0.05) is 0 Å². The zero-order valence-corrected chi connectivity index (χ0v) is 14.3. The highest BCUT2D eigenvalue weighted by molar-refractivity contribution is 6.06. The van der Waals surface area contributed by atoms with Gasteiger partial charge in [0, 0.05) is 17.3 Å². The molecule has 1 aromatic heterocycles. The van der Waals surface area contributed by atoms with E-state index in [9.17, 15) is 9.59 Å². The van der Waals surface area contributed by atoms with Crippen molar-refractivity contribution in [2.75, 3.05) is 12.4 Å². The predicted octanol–water partition coefficient (Wildman–Crippen LogP) is 3.66. The Morgan fingerprint density at radius 1 is 1.08 bits per heavy atom. The summed E-state index contributed by atoms with van der Waals surface area (Å²) in [5.41, 5.74) is 3.33. The summed E-state index contributed by atoms with van der Waals surface area (Å²) in [6.45, 7) is 4.17. The number of imidazole rings is 1. The van der Waals surface area contributed by atoms with Crippen molar-refractivity contribution in [3.63, 3.8) is 0 Å². The van der Waals surface area contributed by atoms with Crippen LogP contribution in [0.15, 0.2) is 48.8 Å². The van der Waals surface area contributed by atoms with Crippen molar-refractivity contribution in [1.82, 2.24) is 9.55 Å². The van der Waals surface area contributed by atoms with Crippen molar-refractivity contribution in [2.45, 2.75) is 19.9 Å².